The van der Waals surface area contributed by atoms with Crippen molar-refractivity contribution in [3.8, 4) is 0 Å². The van der Waals surface area contributed by atoms with Crippen molar-refractivity contribution in [2.24, 2.45) is 5.92 Å². The summed E-state index contributed by atoms with van der Waals surface area (Å²) >= 11 is 1.98. The molecule has 0 heterocycles. The highest BCUT2D eigenvalue weighted by Gasteiger charge is 2.21. The number of benzene rings is 1. The van der Waals surface area contributed by atoms with E-state index >= 15 is 0 Å². The second kappa shape index (κ2) is 7.07. The summed E-state index contributed by atoms with van der Waals surface area (Å²) in [7, 11) is 0. The first-order chi connectivity index (χ1) is 8.38. The van der Waals surface area contributed by atoms with Crippen LogP contribution >= 0.6 is 11.8 Å². The van der Waals surface area contributed by atoms with Gasteiger partial charge in [0.1, 0.15) is 0 Å². The standard InChI is InChI=1S/C15H23NS/c1-2-16-14(11-13-7-6-8-13)12-17-15-9-4-3-5-10-15/h3-5,9-10,13-14,16H,2,6-8,11-12H2,1H3. The minimum Gasteiger partial charge on any atom is -0.313 e. The Labute approximate surface area is 109 Å². The molecule has 1 fully saturated rings. The van der Waals surface area contributed by atoms with Crippen molar-refractivity contribution < 1.29 is 0 Å². The van der Waals surface area contributed by atoms with Crippen LogP contribution in [-0.4, -0.2) is 18.3 Å². The maximum Gasteiger partial charge on any atom is 0.0164 e. The average molecular weight is 249 g/mol. The van der Waals surface area contributed by atoms with E-state index in [0.29, 0.717) is 6.04 Å². The number of hydrogen-bond donors (Lipinski definition) is 1. The molecule has 1 atom stereocenters. The van der Waals surface area contributed by atoms with Gasteiger partial charge in [-0.1, -0.05) is 44.4 Å². The van der Waals surface area contributed by atoms with Crippen molar-refractivity contribution >= 4 is 11.8 Å². The summed E-state index contributed by atoms with van der Waals surface area (Å²) in [5, 5.41) is 3.63. The maximum atomic E-state index is 3.63. The molecular formula is C15H23NS. The zero-order chi connectivity index (χ0) is 11.9. The molecule has 0 saturated heterocycles. The van der Waals surface area contributed by atoms with E-state index < -0.39 is 0 Å². The molecule has 0 amide bonds. The second-order valence-corrected chi connectivity index (χ2v) is 6.00. The van der Waals surface area contributed by atoms with Crippen LogP contribution in [0.3, 0.4) is 0 Å². The van der Waals surface area contributed by atoms with Gasteiger partial charge in [-0.25, -0.2) is 0 Å². The van der Waals surface area contributed by atoms with Crippen LogP contribution in [0.4, 0.5) is 0 Å². The Morgan fingerprint density at radius 3 is 2.65 bits per heavy atom. The van der Waals surface area contributed by atoms with Crippen molar-refractivity contribution in [3.63, 3.8) is 0 Å². The number of thioether (sulfide) groups is 1. The molecule has 1 aliphatic rings. The summed E-state index contributed by atoms with van der Waals surface area (Å²) in [6.07, 6.45) is 5.73. The lowest BCUT2D eigenvalue weighted by atomic mass is 9.81. The molecule has 1 nitrogen and oxygen atoms in total. The highest BCUT2D eigenvalue weighted by Crippen LogP contribution is 2.31. The lowest BCUT2D eigenvalue weighted by Gasteiger charge is -2.30. The number of hydrogen-bond acceptors (Lipinski definition) is 2. The Morgan fingerprint density at radius 1 is 1.29 bits per heavy atom. The van der Waals surface area contributed by atoms with E-state index in [9.17, 15) is 0 Å². The van der Waals surface area contributed by atoms with Gasteiger partial charge in [-0.15, -0.1) is 11.8 Å². The lowest BCUT2D eigenvalue weighted by molar-refractivity contribution is 0.269. The predicted molar refractivity (Wildman–Crippen MR) is 76.6 cm³/mol. The van der Waals surface area contributed by atoms with Crippen LogP contribution in [-0.2, 0) is 0 Å². The van der Waals surface area contributed by atoms with Crippen LogP contribution in [0.5, 0.6) is 0 Å². The molecule has 1 aromatic rings. The van der Waals surface area contributed by atoms with Gasteiger partial charge in [-0.05, 0) is 31.0 Å². The fourth-order valence-corrected chi connectivity index (χ4v) is 3.34. The first-order valence-corrected chi connectivity index (χ1v) is 7.78. The Hall–Kier alpha value is -0.470. The van der Waals surface area contributed by atoms with Crippen LogP contribution in [0.1, 0.15) is 32.6 Å². The quantitative estimate of drug-likeness (QED) is 0.734. The Morgan fingerprint density at radius 2 is 2.06 bits per heavy atom. The summed E-state index contributed by atoms with van der Waals surface area (Å²) in [6.45, 7) is 3.30. The van der Waals surface area contributed by atoms with Crippen molar-refractivity contribution in [2.45, 2.75) is 43.5 Å². The maximum absolute atomic E-state index is 3.63. The fraction of sp³-hybridized carbons (Fsp3) is 0.600. The molecule has 0 bridgehead atoms. The number of nitrogens with one attached hydrogen (secondary N) is 1. The van der Waals surface area contributed by atoms with Crippen molar-refractivity contribution in [2.75, 3.05) is 12.3 Å². The van der Waals surface area contributed by atoms with Crippen molar-refractivity contribution in [1.29, 1.82) is 0 Å². The van der Waals surface area contributed by atoms with Gasteiger partial charge in [0.15, 0.2) is 0 Å². The molecule has 0 spiro atoms. The largest absolute Gasteiger partial charge is 0.313 e. The topological polar surface area (TPSA) is 12.0 Å². The smallest absolute Gasteiger partial charge is 0.0164 e. The first-order valence-electron chi connectivity index (χ1n) is 6.79. The van der Waals surface area contributed by atoms with E-state index in [2.05, 4.69) is 42.6 Å². The van der Waals surface area contributed by atoms with E-state index in [1.807, 2.05) is 11.8 Å². The molecule has 1 N–H and O–H groups in total. The SMILES string of the molecule is CCNC(CSc1ccccc1)CC1CCC1. The van der Waals surface area contributed by atoms with Crippen LogP contribution in [0.25, 0.3) is 0 Å². The van der Waals surface area contributed by atoms with Crippen LogP contribution < -0.4 is 5.32 Å². The van der Waals surface area contributed by atoms with Gasteiger partial charge in [0.05, 0.1) is 0 Å². The molecule has 2 rings (SSSR count). The summed E-state index contributed by atoms with van der Waals surface area (Å²) in [4.78, 5) is 1.39. The highest BCUT2D eigenvalue weighted by atomic mass is 32.2. The van der Waals surface area contributed by atoms with E-state index in [-0.39, 0.29) is 0 Å². The zero-order valence-corrected chi connectivity index (χ0v) is 11.5. The summed E-state index contributed by atoms with van der Waals surface area (Å²) in [5.74, 6) is 2.20. The molecular weight excluding hydrogens is 226 g/mol. The van der Waals surface area contributed by atoms with E-state index in [1.54, 1.807) is 0 Å². The third-order valence-electron chi connectivity index (χ3n) is 3.53. The Balaban J connectivity index is 1.76. The first kappa shape index (κ1) is 13.0. The Bertz CT molecular complexity index is 308. The van der Waals surface area contributed by atoms with E-state index in [0.717, 1.165) is 12.5 Å². The molecule has 1 aliphatic carbocycles. The summed E-state index contributed by atoms with van der Waals surface area (Å²) in [6, 6.07) is 11.4. The van der Waals surface area contributed by atoms with Crippen molar-refractivity contribution in [1.82, 2.24) is 5.32 Å². The number of rotatable bonds is 7. The third-order valence-corrected chi connectivity index (χ3v) is 4.70. The van der Waals surface area contributed by atoms with Gasteiger partial charge in [0.25, 0.3) is 0 Å². The summed E-state index contributed by atoms with van der Waals surface area (Å²) < 4.78 is 0. The highest BCUT2D eigenvalue weighted by molar-refractivity contribution is 7.99. The van der Waals surface area contributed by atoms with Crippen LogP contribution in [0.2, 0.25) is 0 Å². The third kappa shape index (κ3) is 4.36. The second-order valence-electron chi connectivity index (χ2n) is 4.91. The average Bonchev–Trinajstić information content (AvgIpc) is 2.32. The molecule has 2 heteroatoms. The molecule has 0 radical (unpaired) electrons. The molecule has 0 aromatic heterocycles. The molecule has 1 saturated carbocycles. The van der Waals surface area contributed by atoms with Gasteiger partial charge in [0, 0.05) is 16.7 Å². The normalized spacial score (nSPS) is 17.7. The molecule has 1 aromatic carbocycles. The molecule has 1 unspecified atom stereocenters. The minimum atomic E-state index is 0.690. The van der Waals surface area contributed by atoms with Gasteiger partial charge < -0.3 is 5.32 Å². The van der Waals surface area contributed by atoms with E-state index in [4.69, 9.17) is 0 Å². The molecule has 94 valence electrons. The minimum absolute atomic E-state index is 0.690. The van der Waals surface area contributed by atoms with Crippen LogP contribution in [0.15, 0.2) is 35.2 Å². The van der Waals surface area contributed by atoms with Gasteiger partial charge in [-0.3, -0.25) is 0 Å². The summed E-state index contributed by atoms with van der Waals surface area (Å²) in [5.41, 5.74) is 0. The van der Waals surface area contributed by atoms with Gasteiger partial charge >= 0.3 is 0 Å². The van der Waals surface area contributed by atoms with E-state index in [1.165, 1.54) is 36.3 Å². The predicted octanol–water partition coefficient (Wildman–Crippen LogP) is 3.95. The van der Waals surface area contributed by atoms with Crippen molar-refractivity contribution in [3.05, 3.63) is 30.3 Å². The van der Waals surface area contributed by atoms with Gasteiger partial charge in [-0.2, -0.15) is 0 Å². The monoisotopic (exact) mass is 249 g/mol. The van der Waals surface area contributed by atoms with Crippen LogP contribution in [0, 0.1) is 5.92 Å². The molecule has 17 heavy (non-hydrogen) atoms. The fourth-order valence-electron chi connectivity index (χ4n) is 2.34. The lowest BCUT2D eigenvalue weighted by Crippen LogP contribution is -2.34. The molecule has 0 aliphatic heterocycles. The van der Waals surface area contributed by atoms with Gasteiger partial charge in [0.2, 0.25) is 0 Å². The Kier molecular flexibility index (Phi) is 5.40. The zero-order valence-electron chi connectivity index (χ0n) is 10.7.